The zero-order chi connectivity index (χ0) is 14.0. The molecule has 19 heavy (non-hydrogen) atoms. The molecule has 1 aliphatic carbocycles. The summed E-state index contributed by atoms with van der Waals surface area (Å²) in [6, 6.07) is 3.86. The van der Waals surface area contributed by atoms with Crippen molar-refractivity contribution in [1.82, 2.24) is 0 Å². The number of benzene rings is 1. The number of para-hydroxylation sites is 1. The van der Waals surface area contributed by atoms with E-state index in [0.29, 0.717) is 18.4 Å². The lowest BCUT2D eigenvalue weighted by Gasteiger charge is -2.28. The van der Waals surface area contributed by atoms with Crippen LogP contribution in [0.5, 0.6) is 5.75 Å². The van der Waals surface area contributed by atoms with Crippen molar-refractivity contribution in [2.24, 2.45) is 0 Å². The van der Waals surface area contributed by atoms with E-state index in [9.17, 15) is 25.3 Å². The molecule has 1 aliphatic rings. The fourth-order valence-electron chi connectivity index (χ4n) is 2.81. The van der Waals surface area contributed by atoms with Gasteiger partial charge < -0.3 is 5.11 Å². The van der Waals surface area contributed by atoms with Gasteiger partial charge in [0.2, 0.25) is 0 Å². The molecule has 1 fully saturated rings. The second kappa shape index (κ2) is 5.21. The molecule has 2 rings (SSSR count). The molecule has 3 unspecified atom stereocenters. The third-order valence-electron chi connectivity index (χ3n) is 3.67. The normalized spacial score (nSPS) is 26.8. The molecule has 0 saturated heterocycles. The minimum atomic E-state index is -1.28. The summed E-state index contributed by atoms with van der Waals surface area (Å²) in [5, 5.41) is 31.9. The number of aromatic hydroxyl groups is 1. The van der Waals surface area contributed by atoms with Gasteiger partial charge in [-0.1, -0.05) is 18.2 Å². The summed E-state index contributed by atoms with van der Waals surface area (Å²) in [7, 11) is 0. The molecule has 1 N–H and O–H groups in total. The Balaban J connectivity index is 2.40. The van der Waals surface area contributed by atoms with E-state index in [4.69, 9.17) is 0 Å². The van der Waals surface area contributed by atoms with E-state index in [2.05, 4.69) is 0 Å². The Morgan fingerprint density at radius 2 is 1.79 bits per heavy atom. The van der Waals surface area contributed by atoms with Crippen LogP contribution >= 0.6 is 0 Å². The minimum absolute atomic E-state index is 0.0386. The first kappa shape index (κ1) is 13.3. The smallest absolute Gasteiger partial charge is 0.285 e. The maximum Gasteiger partial charge on any atom is 0.285 e. The Morgan fingerprint density at radius 1 is 1.11 bits per heavy atom. The summed E-state index contributed by atoms with van der Waals surface area (Å²) < 4.78 is 0. The third-order valence-corrected chi connectivity index (χ3v) is 3.67. The topological polar surface area (TPSA) is 107 Å². The standard InChI is InChI=1S/C12H14N2O5/c15-11-7-2-1-4-8(11)9-5-3-6-10(13(16)17)12(9)14(18)19/h1-2,4,7,9-10,12,15H,3,5-6H2. The molecule has 0 bridgehead atoms. The zero-order valence-corrected chi connectivity index (χ0v) is 10.1. The molecule has 0 radical (unpaired) electrons. The molecular weight excluding hydrogens is 252 g/mol. The van der Waals surface area contributed by atoms with Gasteiger partial charge in [0.1, 0.15) is 5.75 Å². The molecule has 0 amide bonds. The van der Waals surface area contributed by atoms with Crippen LogP contribution in [0.25, 0.3) is 0 Å². The first-order chi connectivity index (χ1) is 9.02. The highest BCUT2D eigenvalue weighted by atomic mass is 16.6. The highest BCUT2D eigenvalue weighted by Crippen LogP contribution is 2.39. The Bertz CT molecular complexity index is 505. The van der Waals surface area contributed by atoms with E-state index in [-0.39, 0.29) is 12.2 Å². The van der Waals surface area contributed by atoms with Crippen LogP contribution in [0.3, 0.4) is 0 Å². The number of phenolic OH excluding ortho intramolecular Hbond substituents is 1. The lowest BCUT2D eigenvalue weighted by Crippen LogP contribution is -2.46. The SMILES string of the molecule is O=[N+]([O-])C1CCCC(c2ccccc2O)C1[N+](=O)[O-]. The lowest BCUT2D eigenvalue weighted by atomic mass is 9.77. The summed E-state index contributed by atoms with van der Waals surface area (Å²) in [6.07, 6.45) is 1.24. The van der Waals surface area contributed by atoms with Crippen molar-refractivity contribution in [3.8, 4) is 5.75 Å². The molecule has 1 saturated carbocycles. The number of hydrogen-bond donors (Lipinski definition) is 1. The van der Waals surface area contributed by atoms with Crippen molar-refractivity contribution < 1.29 is 15.0 Å². The maximum absolute atomic E-state index is 11.2. The van der Waals surface area contributed by atoms with Crippen LogP contribution in [-0.4, -0.2) is 27.0 Å². The average molecular weight is 266 g/mol. The summed E-state index contributed by atoms with van der Waals surface area (Å²) in [4.78, 5) is 21.0. The van der Waals surface area contributed by atoms with Crippen LogP contribution in [-0.2, 0) is 0 Å². The summed E-state index contributed by atoms with van der Waals surface area (Å²) >= 11 is 0. The quantitative estimate of drug-likeness (QED) is 0.664. The van der Waals surface area contributed by atoms with Gasteiger partial charge in [0.05, 0.1) is 5.92 Å². The van der Waals surface area contributed by atoms with Gasteiger partial charge in [0, 0.05) is 21.8 Å². The number of rotatable bonds is 3. The Kier molecular flexibility index (Phi) is 3.64. The van der Waals surface area contributed by atoms with Gasteiger partial charge >= 0.3 is 0 Å². The first-order valence-corrected chi connectivity index (χ1v) is 6.07. The molecule has 3 atom stereocenters. The maximum atomic E-state index is 11.2. The highest BCUT2D eigenvalue weighted by Gasteiger charge is 2.50. The highest BCUT2D eigenvalue weighted by molar-refractivity contribution is 5.36. The monoisotopic (exact) mass is 266 g/mol. The van der Waals surface area contributed by atoms with Crippen LogP contribution in [0, 0.1) is 20.2 Å². The number of nitrogens with zero attached hydrogens (tertiary/aromatic N) is 2. The van der Waals surface area contributed by atoms with Gasteiger partial charge in [-0.2, -0.15) is 0 Å². The fraction of sp³-hybridized carbons (Fsp3) is 0.500. The van der Waals surface area contributed by atoms with Gasteiger partial charge in [0.15, 0.2) is 0 Å². The van der Waals surface area contributed by atoms with Crippen LogP contribution < -0.4 is 0 Å². The van der Waals surface area contributed by atoms with Crippen molar-refractivity contribution in [1.29, 1.82) is 0 Å². The van der Waals surface area contributed by atoms with E-state index in [1.54, 1.807) is 18.2 Å². The molecule has 1 aromatic rings. The van der Waals surface area contributed by atoms with E-state index in [1.165, 1.54) is 6.07 Å². The van der Waals surface area contributed by atoms with Gasteiger partial charge in [-0.25, -0.2) is 0 Å². The van der Waals surface area contributed by atoms with Gasteiger partial charge in [-0.3, -0.25) is 20.2 Å². The first-order valence-electron chi connectivity index (χ1n) is 6.07. The number of phenols is 1. The van der Waals surface area contributed by atoms with E-state index >= 15 is 0 Å². The van der Waals surface area contributed by atoms with Crippen LogP contribution in [0.15, 0.2) is 24.3 Å². The molecule has 7 heteroatoms. The van der Waals surface area contributed by atoms with E-state index in [1.807, 2.05) is 0 Å². The second-order valence-electron chi connectivity index (χ2n) is 4.72. The van der Waals surface area contributed by atoms with E-state index in [0.717, 1.165) is 0 Å². The second-order valence-corrected chi connectivity index (χ2v) is 4.72. The summed E-state index contributed by atoms with van der Waals surface area (Å²) in [5.41, 5.74) is 0.427. The van der Waals surface area contributed by atoms with Crippen LogP contribution in [0.4, 0.5) is 0 Å². The number of hydrogen-bond acceptors (Lipinski definition) is 5. The minimum Gasteiger partial charge on any atom is -0.508 e. The molecule has 0 aromatic heterocycles. The Hall–Kier alpha value is -2.18. The van der Waals surface area contributed by atoms with Crippen molar-refractivity contribution in [2.75, 3.05) is 0 Å². The van der Waals surface area contributed by atoms with Gasteiger partial charge in [-0.15, -0.1) is 0 Å². The molecule has 0 aliphatic heterocycles. The molecule has 0 spiro atoms. The number of nitro groups is 2. The van der Waals surface area contributed by atoms with Crippen molar-refractivity contribution in [3.05, 3.63) is 50.1 Å². The van der Waals surface area contributed by atoms with Crippen molar-refractivity contribution in [2.45, 2.75) is 37.3 Å². The van der Waals surface area contributed by atoms with Crippen LogP contribution in [0.1, 0.15) is 30.7 Å². The largest absolute Gasteiger partial charge is 0.508 e. The third kappa shape index (κ3) is 2.49. The molecular formula is C12H14N2O5. The Morgan fingerprint density at radius 3 is 2.37 bits per heavy atom. The molecule has 7 nitrogen and oxygen atoms in total. The fourth-order valence-corrected chi connectivity index (χ4v) is 2.81. The van der Waals surface area contributed by atoms with Gasteiger partial charge in [-0.05, 0) is 18.9 Å². The molecule has 102 valence electrons. The summed E-state index contributed by atoms with van der Waals surface area (Å²) in [6.45, 7) is 0. The van der Waals surface area contributed by atoms with Crippen molar-refractivity contribution in [3.63, 3.8) is 0 Å². The Labute approximate surface area is 109 Å². The van der Waals surface area contributed by atoms with Gasteiger partial charge in [0.25, 0.3) is 12.1 Å². The summed E-state index contributed by atoms with van der Waals surface area (Å²) in [5.74, 6) is -0.649. The molecule has 0 heterocycles. The van der Waals surface area contributed by atoms with Crippen LogP contribution in [0.2, 0.25) is 0 Å². The lowest BCUT2D eigenvalue weighted by molar-refractivity contribution is -0.624. The van der Waals surface area contributed by atoms with E-state index < -0.39 is 27.8 Å². The van der Waals surface area contributed by atoms with Crippen molar-refractivity contribution >= 4 is 0 Å². The predicted molar refractivity (Wildman–Crippen MR) is 66.3 cm³/mol. The average Bonchev–Trinajstić information content (AvgIpc) is 2.38. The zero-order valence-electron chi connectivity index (χ0n) is 10.1. The molecule has 1 aromatic carbocycles. The predicted octanol–water partition coefficient (Wildman–Crippen LogP) is 1.95.